The molecule has 1 heterocycles. The Morgan fingerprint density at radius 3 is 2.29 bits per heavy atom. The Morgan fingerprint density at radius 2 is 1.82 bits per heavy atom. The SMILES string of the molecule is CC(C)(C)N1C(=O)CC1(C)Cc1ccccc1. The van der Waals surface area contributed by atoms with Crippen LogP contribution in [0.15, 0.2) is 30.3 Å². The molecule has 1 unspecified atom stereocenters. The molecule has 1 aliphatic heterocycles. The molecule has 17 heavy (non-hydrogen) atoms. The van der Waals surface area contributed by atoms with Crippen molar-refractivity contribution in [2.45, 2.75) is 51.6 Å². The number of rotatable bonds is 2. The van der Waals surface area contributed by atoms with Crippen LogP contribution in [0.3, 0.4) is 0 Å². The maximum atomic E-state index is 11.8. The molecule has 0 aliphatic carbocycles. The minimum Gasteiger partial charge on any atom is -0.332 e. The van der Waals surface area contributed by atoms with Crippen molar-refractivity contribution in [3.8, 4) is 0 Å². The van der Waals surface area contributed by atoms with Crippen LogP contribution in [-0.2, 0) is 11.2 Å². The highest BCUT2D eigenvalue weighted by Crippen LogP contribution is 2.40. The first-order valence-corrected chi connectivity index (χ1v) is 6.20. The molecule has 1 aliphatic rings. The summed E-state index contributed by atoms with van der Waals surface area (Å²) in [6.07, 6.45) is 1.61. The summed E-state index contributed by atoms with van der Waals surface area (Å²) in [5, 5.41) is 0. The predicted molar refractivity (Wildman–Crippen MR) is 69.8 cm³/mol. The summed E-state index contributed by atoms with van der Waals surface area (Å²) >= 11 is 0. The lowest BCUT2D eigenvalue weighted by Gasteiger charge is -2.57. The minimum absolute atomic E-state index is 0.0172. The maximum Gasteiger partial charge on any atom is 0.225 e. The Bertz CT molecular complexity index is 418. The van der Waals surface area contributed by atoms with E-state index < -0.39 is 0 Å². The van der Waals surface area contributed by atoms with Crippen molar-refractivity contribution in [2.24, 2.45) is 0 Å². The van der Waals surface area contributed by atoms with Crippen LogP contribution in [0.25, 0.3) is 0 Å². The lowest BCUT2D eigenvalue weighted by atomic mass is 9.76. The summed E-state index contributed by atoms with van der Waals surface area (Å²) in [6, 6.07) is 10.4. The van der Waals surface area contributed by atoms with Gasteiger partial charge in [0, 0.05) is 5.54 Å². The fourth-order valence-electron chi connectivity index (χ4n) is 3.05. The van der Waals surface area contributed by atoms with Crippen LogP contribution in [-0.4, -0.2) is 21.9 Å². The van der Waals surface area contributed by atoms with Crippen LogP contribution in [0.2, 0.25) is 0 Å². The van der Waals surface area contributed by atoms with Gasteiger partial charge >= 0.3 is 0 Å². The zero-order chi connectivity index (χ0) is 12.7. The van der Waals surface area contributed by atoms with E-state index in [4.69, 9.17) is 0 Å². The molecule has 1 aromatic carbocycles. The number of hydrogen-bond acceptors (Lipinski definition) is 1. The van der Waals surface area contributed by atoms with Crippen LogP contribution >= 0.6 is 0 Å². The van der Waals surface area contributed by atoms with E-state index in [0.29, 0.717) is 6.42 Å². The van der Waals surface area contributed by atoms with Gasteiger partial charge in [0.05, 0.1) is 12.0 Å². The third-order valence-electron chi connectivity index (χ3n) is 3.42. The van der Waals surface area contributed by atoms with Crippen LogP contribution in [0, 0.1) is 0 Å². The molecule has 0 N–H and O–H groups in total. The molecule has 1 aromatic rings. The molecule has 2 nitrogen and oxygen atoms in total. The van der Waals surface area contributed by atoms with Gasteiger partial charge in [-0.2, -0.15) is 0 Å². The highest BCUT2D eigenvalue weighted by Gasteiger charge is 2.51. The average Bonchev–Trinajstić information content (AvgIpc) is 2.14. The largest absolute Gasteiger partial charge is 0.332 e. The second-order valence-corrected chi connectivity index (χ2v) is 6.24. The lowest BCUT2D eigenvalue weighted by Crippen LogP contribution is -2.69. The van der Waals surface area contributed by atoms with Crippen molar-refractivity contribution >= 4 is 5.91 Å². The van der Waals surface area contributed by atoms with Gasteiger partial charge in [0.2, 0.25) is 5.91 Å². The molecule has 0 spiro atoms. The van der Waals surface area contributed by atoms with Gasteiger partial charge < -0.3 is 4.90 Å². The number of hydrogen-bond donors (Lipinski definition) is 0. The lowest BCUT2D eigenvalue weighted by molar-refractivity contribution is -0.166. The predicted octanol–water partition coefficient (Wildman–Crippen LogP) is 3.02. The van der Waals surface area contributed by atoms with Crippen molar-refractivity contribution in [3.63, 3.8) is 0 Å². The summed E-state index contributed by atoms with van der Waals surface area (Å²) < 4.78 is 0. The Morgan fingerprint density at radius 1 is 1.24 bits per heavy atom. The maximum absolute atomic E-state index is 11.8. The van der Waals surface area contributed by atoms with Gasteiger partial charge in [-0.3, -0.25) is 4.79 Å². The summed E-state index contributed by atoms with van der Waals surface area (Å²) in [4.78, 5) is 13.8. The topological polar surface area (TPSA) is 20.3 Å². The fraction of sp³-hybridized carbons (Fsp3) is 0.533. The van der Waals surface area contributed by atoms with E-state index in [2.05, 4.69) is 52.0 Å². The average molecular weight is 231 g/mol. The summed E-state index contributed by atoms with van der Waals surface area (Å²) in [5.41, 5.74) is 1.20. The van der Waals surface area contributed by atoms with Crippen molar-refractivity contribution < 1.29 is 4.79 Å². The number of benzene rings is 1. The van der Waals surface area contributed by atoms with Gasteiger partial charge in [0.25, 0.3) is 0 Å². The minimum atomic E-state index is -0.0845. The number of likely N-dealkylation sites (tertiary alicyclic amines) is 1. The molecule has 1 fully saturated rings. The Kier molecular flexibility index (Phi) is 2.76. The van der Waals surface area contributed by atoms with Gasteiger partial charge in [0.15, 0.2) is 0 Å². The number of β-lactam (4-membered cyclic amide) rings is 1. The van der Waals surface area contributed by atoms with Gasteiger partial charge in [-0.05, 0) is 39.7 Å². The molecule has 0 radical (unpaired) electrons. The molecule has 0 aromatic heterocycles. The molecular formula is C15H21NO. The van der Waals surface area contributed by atoms with E-state index in [1.165, 1.54) is 5.56 Å². The zero-order valence-electron chi connectivity index (χ0n) is 11.2. The van der Waals surface area contributed by atoms with Crippen molar-refractivity contribution in [1.82, 2.24) is 4.90 Å². The zero-order valence-corrected chi connectivity index (χ0v) is 11.2. The molecule has 1 amide bonds. The molecule has 0 bridgehead atoms. The summed E-state index contributed by atoms with van der Waals surface area (Å²) in [6.45, 7) is 8.50. The van der Waals surface area contributed by atoms with Crippen molar-refractivity contribution in [3.05, 3.63) is 35.9 Å². The molecule has 92 valence electrons. The first-order valence-electron chi connectivity index (χ1n) is 6.20. The molecule has 0 saturated carbocycles. The van der Waals surface area contributed by atoms with E-state index in [0.717, 1.165) is 6.42 Å². The second kappa shape index (κ2) is 3.86. The smallest absolute Gasteiger partial charge is 0.225 e. The number of carbonyl (C=O) groups excluding carboxylic acids is 1. The third-order valence-corrected chi connectivity index (χ3v) is 3.42. The van der Waals surface area contributed by atoms with E-state index >= 15 is 0 Å². The van der Waals surface area contributed by atoms with Crippen LogP contribution in [0.1, 0.15) is 39.7 Å². The Hall–Kier alpha value is -1.31. The van der Waals surface area contributed by atoms with Crippen molar-refractivity contribution in [2.75, 3.05) is 0 Å². The normalized spacial score (nSPS) is 24.7. The molecule has 1 atom stereocenters. The summed E-state index contributed by atoms with van der Waals surface area (Å²) in [5.74, 6) is 0.274. The number of amides is 1. The Balaban J connectivity index is 2.18. The van der Waals surface area contributed by atoms with Gasteiger partial charge in [0.1, 0.15) is 0 Å². The molecular weight excluding hydrogens is 210 g/mol. The first-order chi connectivity index (χ1) is 7.83. The third kappa shape index (κ3) is 2.21. The molecule has 2 heteroatoms. The first kappa shape index (κ1) is 12.2. The monoisotopic (exact) mass is 231 g/mol. The highest BCUT2D eigenvalue weighted by molar-refractivity contribution is 5.85. The standard InChI is InChI=1S/C15H21NO/c1-14(2,3)16-13(17)11-15(16,4)10-12-8-6-5-7-9-12/h5-9H,10-11H2,1-4H3. The number of nitrogens with zero attached hydrogens (tertiary/aromatic N) is 1. The Labute approximate surface area is 104 Å². The fourth-order valence-corrected chi connectivity index (χ4v) is 3.05. The van der Waals surface area contributed by atoms with E-state index in [1.54, 1.807) is 0 Å². The summed E-state index contributed by atoms with van der Waals surface area (Å²) in [7, 11) is 0. The second-order valence-electron chi connectivity index (χ2n) is 6.24. The number of carbonyl (C=O) groups is 1. The molecule has 1 saturated heterocycles. The van der Waals surface area contributed by atoms with Crippen LogP contribution < -0.4 is 0 Å². The van der Waals surface area contributed by atoms with E-state index in [1.807, 2.05) is 11.0 Å². The van der Waals surface area contributed by atoms with E-state index in [-0.39, 0.29) is 17.0 Å². The van der Waals surface area contributed by atoms with Crippen molar-refractivity contribution in [1.29, 1.82) is 0 Å². The highest BCUT2D eigenvalue weighted by atomic mass is 16.2. The van der Waals surface area contributed by atoms with Crippen LogP contribution in [0.4, 0.5) is 0 Å². The van der Waals surface area contributed by atoms with Gasteiger partial charge in [-0.25, -0.2) is 0 Å². The quantitative estimate of drug-likeness (QED) is 0.716. The van der Waals surface area contributed by atoms with Gasteiger partial charge in [-0.15, -0.1) is 0 Å². The van der Waals surface area contributed by atoms with Crippen LogP contribution in [0.5, 0.6) is 0 Å². The van der Waals surface area contributed by atoms with Gasteiger partial charge in [-0.1, -0.05) is 30.3 Å². The van der Waals surface area contributed by atoms with E-state index in [9.17, 15) is 4.79 Å². The molecule has 2 rings (SSSR count).